The molecule has 0 saturated carbocycles. The second kappa shape index (κ2) is 8.79. The number of anilines is 1. The van der Waals surface area contributed by atoms with E-state index < -0.39 is 10.0 Å². The van der Waals surface area contributed by atoms with Gasteiger partial charge in [-0.25, -0.2) is 13.1 Å². The predicted octanol–water partition coefficient (Wildman–Crippen LogP) is 2.18. The van der Waals surface area contributed by atoms with E-state index >= 15 is 0 Å². The van der Waals surface area contributed by atoms with Gasteiger partial charge in [-0.2, -0.15) is 0 Å². The molecule has 0 atom stereocenters. The molecule has 0 aliphatic carbocycles. The molecule has 140 valence electrons. The van der Waals surface area contributed by atoms with Crippen LogP contribution in [0.5, 0.6) is 5.75 Å². The third-order valence-electron chi connectivity index (χ3n) is 3.64. The molecule has 0 bridgehead atoms. The fourth-order valence-corrected chi connectivity index (χ4v) is 3.25. The summed E-state index contributed by atoms with van der Waals surface area (Å²) in [5, 5.41) is 2.70. The lowest BCUT2D eigenvalue weighted by molar-refractivity contribution is 0.102. The minimum absolute atomic E-state index is 0.0219. The molecule has 2 N–H and O–H groups in total. The van der Waals surface area contributed by atoms with E-state index in [9.17, 15) is 13.2 Å². The Bertz CT molecular complexity index is 864. The van der Waals surface area contributed by atoms with Crippen LogP contribution in [0.2, 0.25) is 0 Å². The van der Waals surface area contributed by atoms with Gasteiger partial charge >= 0.3 is 0 Å². The van der Waals surface area contributed by atoms with Crippen LogP contribution in [-0.4, -0.2) is 41.7 Å². The molecule has 0 aliphatic heterocycles. The minimum atomic E-state index is -3.72. The summed E-state index contributed by atoms with van der Waals surface area (Å²) in [6, 6.07) is 11.3. The lowest BCUT2D eigenvalue weighted by atomic mass is 10.1. The Morgan fingerprint density at radius 3 is 2.38 bits per heavy atom. The first-order valence-electron chi connectivity index (χ1n) is 7.92. The van der Waals surface area contributed by atoms with E-state index in [2.05, 4.69) is 10.0 Å². The predicted molar refractivity (Wildman–Crippen MR) is 99.2 cm³/mol. The highest BCUT2D eigenvalue weighted by Crippen LogP contribution is 2.28. The van der Waals surface area contributed by atoms with E-state index in [1.807, 2.05) is 19.1 Å². The molecule has 0 saturated heterocycles. The zero-order valence-corrected chi connectivity index (χ0v) is 15.7. The Morgan fingerprint density at radius 2 is 1.77 bits per heavy atom. The van der Waals surface area contributed by atoms with E-state index in [-0.39, 0.29) is 29.6 Å². The molecule has 0 aromatic heterocycles. The van der Waals surface area contributed by atoms with Gasteiger partial charge in [-0.3, -0.25) is 4.79 Å². The van der Waals surface area contributed by atoms with Crippen molar-refractivity contribution in [1.82, 2.24) is 4.72 Å². The lowest BCUT2D eigenvalue weighted by Gasteiger charge is -2.13. The van der Waals surface area contributed by atoms with Gasteiger partial charge in [0.25, 0.3) is 5.91 Å². The number of ether oxygens (including phenoxy) is 2. The van der Waals surface area contributed by atoms with Crippen molar-refractivity contribution in [3.05, 3.63) is 53.6 Å². The van der Waals surface area contributed by atoms with Crippen LogP contribution in [0.15, 0.2) is 47.4 Å². The van der Waals surface area contributed by atoms with Crippen LogP contribution in [0.25, 0.3) is 0 Å². The maximum absolute atomic E-state index is 12.4. The number of hydrogen-bond donors (Lipinski definition) is 2. The Hall–Kier alpha value is -2.42. The van der Waals surface area contributed by atoms with Gasteiger partial charge in [-0.15, -0.1) is 0 Å². The smallest absolute Gasteiger partial charge is 0.255 e. The van der Waals surface area contributed by atoms with Crippen molar-refractivity contribution in [2.24, 2.45) is 0 Å². The maximum Gasteiger partial charge on any atom is 0.255 e. The van der Waals surface area contributed by atoms with E-state index in [1.165, 1.54) is 32.4 Å². The van der Waals surface area contributed by atoms with Gasteiger partial charge in [0.2, 0.25) is 10.0 Å². The summed E-state index contributed by atoms with van der Waals surface area (Å²) < 4.78 is 37.1. The highest BCUT2D eigenvalue weighted by Gasteiger charge is 2.17. The van der Waals surface area contributed by atoms with Crippen molar-refractivity contribution in [3.8, 4) is 5.75 Å². The van der Waals surface area contributed by atoms with Crippen LogP contribution in [0.1, 0.15) is 15.9 Å². The summed E-state index contributed by atoms with van der Waals surface area (Å²) in [6.45, 7) is 2.33. The topological polar surface area (TPSA) is 93.7 Å². The molecule has 2 aromatic carbocycles. The van der Waals surface area contributed by atoms with Crippen molar-refractivity contribution in [2.45, 2.75) is 11.8 Å². The molecule has 2 aromatic rings. The number of carbonyl (C=O) groups is 1. The second-order valence-electron chi connectivity index (χ2n) is 5.57. The number of benzene rings is 2. The Balaban J connectivity index is 2.26. The number of nitrogens with one attached hydrogen (secondary N) is 2. The normalized spacial score (nSPS) is 11.2. The summed E-state index contributed by atoms with van der Waals surface area (Å²) in [7, 11) is -0.790. The molecule has 0 heterocycles. The molecule has 26 heavy (non-hydrogen) atoms. The maximum atomic E-state index is 12.4. The number of sulfonamides is 1. The van der Waals surface area contributed by atoms with Crippen LogP contribution in [-0.2, 0) is 14.8 Å². The molecule has 0 radical (unpaired) electrons. The molecule has 0 fully saturated rings. The van der Waals surface area contributed by atoms with Gasteiger partial charge in [0, 0.05) is 19.2 Å². The van der Waals surface area contributed by atoms with Gasteiger partial charge in [-0.05, 0) is 37.3 Å². The molecular formula is C18H22N2O5S. The summed E-state index contributed by atoms with van der Waals surface area (Å²) in [4.78, 5) is 12.4. The first-order valence-corrected chi connectivity index (χ1v) is 9.40. The highest BCUT2D eigenvalue weighted by atomic mass is 32.2. The third-order valence-corrected chi connectivity index (χ3v) is 5.10. The van der Waals surface area contributed by atoms with Crippen LogP contribution in [0.4, 0.5) is 5.69 Å². The summed E-state index contributed by atoms with van der Waals surface area (Å²) in [5.41, 5.74) is 1.77. The Morgan fingerprint density at radius 1 is 1.08 bits per heavy atom. The molecule has 0 spiro atoms. The summed E-state index contributed by atoms with van der Waals surface area (Å²) in [5.74, 6) is 0.00601. The average molecular weight is 378 g/mol. The fourth-order valence-electron chi connectivity index (χ4n) is 2.21. The molecule has 1 amide bonds. The third kappa shape index (κ3) is 5.04. The number of aryl methyl sites for hydroxylation is 1. The molecule has 7 nitrogen and oxygen atoms in total. The van der Waals surface area contributed by atoms with Gasteiger partial charge < -0.3 is 14.8 Å². The zero-order valence-electron chi connectivity index (χ0n) is 14.9. The Labute approximate surface area is 153 Å². The lowest BCUT2D eigenvalue weighted by Crippen LogP contribution is -2.27. The highest BCUT2D eigenvalue weighted by molar-refractivity contribution is 7.89. The van der Waals surface area contributed by atoms with Gasteiger partial charge in [0.1, 0.15) is 5.75 Å². The average Bonchev–Trinajstić information content (AvgIpc) is 2.62. The molecule has 2 rings (SSSR count). The van der Waals surface area contributed by atoms with E-state index in [4.69, 9.17) is 9.47 Å². The summed E-state index contributed by atoms with van der Waals surface area (Å²) >= 11 is 0. The fraction of sp³-hybridized carbons (Fsp3) is 0.278. The van der Waals surface area contributed by atoms with Crippen molar-refractivity contribution < 1.29 is 22.7 Å². The van der Waals surface area contributed by atoms with Gasteiger partial charge in [0.15, 0.2) is 0 Å². The van der Waals surface area contributed by atoms with E-state index in [0.29, 0.717) is 11.3 Å². The van der Waals surface area contributed by atoms with Crippen molar-refractivity contribution in [1.29, 1.82) is 0 Å². The van der Waals surface area contributed by atoms with Crippen molar-refractivity contribution in [3.63, 3.8) is 0 Å². The van der Waals surface area contributed by atoms with E-state index in [0.717, 1.165) is 5.56 Å². The van der Waals surface area contributed by atoms with Crippen molar-refractivity contribution >= 4 is 21.6 Å². The SMILES string of the molecule is COCCNS(=O)(=O)c1ccc(OC)c(NC(=O)c2ccc(C)cc2)c1. The first-order chi connectivity index (χ1) is 12.4. The Kier molecular flexibility index (Phi) is 6.73. The molecule has 0 aliphatic rings. The van der Waals surface area contributed by atoms with Crippen LogP contribution >= 0.6 is 0 Å². The monoisotopic (exact) mass is 378 g/mol. The minimum Gasteiger partial charge on any atom is -0.495 e. The van der Waals surface area contributed by atoms with Gasteiger partial charge in [0.05, 0.1) is 24.3 Å². The molecular weight excluding hydrogens is 356 g/mol. The van der Waals surface area contributed by atoms with Crippen molar-refractivity contribution in [2.75, 3.05) is 32.7 Å². The zero-order chi connectivity index (χ0) is 19.2. The standard InChI is InChI=1S/C18H22N2O5S/c1-13-4-6-14(7-5-13)18(21)20-16-12-15(8-9-17(16)25-3)26(22,23)19-10-11-24-2/h4-9,12,19H,10-11H2,1-3H3,(H,20,21). The van der Waals surface area contributed by atoms with Gasteiger partial charge in [-0.1, -0.05) is 17.7 Å². The number of hydrogen-bond acceptors (Lipinski definition) is 5. The molecule has 0 unspecified atom stereocenters. The van der Waals surface area contributed by atoms with Crippen LogP contribution < -0.4 is 14.8 Å². The number of amides is 1. The van der Waals surface area contributed by atoms with E-state index in [1.54, 1.807) is 12.1 Å². The summed E-state index contributed by atoms with van der Waals surface area (Å²) in [6.07, 6.45) is 0. The number of rotatable bonds is 8. The number of methoxy groups -OCH3 is 2. The first kappa shape index (κ1) is 19.9. The number of carbonyl (C=O) groups excluding carboxylic acids is 1. The molecule has 8 heteroatoms. The largest absolute Gasteiger partial charge is 0.495 e. The second-order valence-corrected chi connectivity index (χ2v) is 7.34. The van der Waals surface area contributed by atoms with Crippen LogP contribution in [0.3, 0.4) is 0 Å². The van der Waals surface area contributed by atoms with Crippen LogP contribution in [0, 0.1) is 6.92 Å². The quantitative estimate of drug-likeness (QED) is 0.687.